The first-order valence-corrected chi connectivity index (χ1v) is 8.98. The van der Waals surface area contributed by atoms with Gasteiger partial charge in [0.2, 0.25) is 11.8 Å². The number of ether oxygens (including phenoxy) is 2. The number of amides is 2. The Balaban J connectivity index is 1.67. The summed E-state index contributed by atoms with van der Waals surface area (Å²) in [5.41, 5.74) is 0.664. The number of hydrogen-bond donors (Lipinski definition) is 1. The molecule has 1 aromatic rings. The highest BCUT2D eigenvalue weighted by molar-refractivity contribution is 6.00. The molecule has 0 saturated carbocycles. The average Bonchev–Trinajstić information content (AvgIpc) is 3.08. The first-order chi connectivity index (χ1) is 12.9. The van der Waals surface area contributed by atoms with Crippen molar-refractivity contribution in [3.8, 4) is 11.5 Å². The molecule has 2 aliphatic heterocycles. The summed E-state index contributed by atoms with van der Waals surface area (Å²) in [6.45, 7) is 1.17. The Hall–Kier alpha value is -2.77. The van der Waals surface area contributed by atoms with Gasteiger partial charge in [-0.1, -0.05) is 0 Å². The van der Waals surface area contributed by atoms with Gasteiger partial charge in [0.25, 0.3) is 0 Å². The molecule has 8 nitrogen and oxygen atoms in total. The molecule has 2 fully saturated rings. The van der Waals surface area contributed by atoms with Crippen LogP contribution in [0.5, 0.6) is 11.5 Å². The summed E-state index contributed by atoms with van der Waals surface area (Å²) in [6.07, 6.45) is 1.08. The molecular weight excluding hydrogens is 352 g/mol. The van der Waals surface area contributed by atoms with E-state index in [1.807, 2.05) is 0 Å². The van der Waals surface area contributed by atoms with E-state index in [-0.39, 0.29) is 24.2 Å². The zero-order valence-corrected chi connectivity index (χ0v) is 15.5. The summed E-state index contributed by atoms with van der Waals surface area (Å²) >= 11 is 0. The quantitative estimate of drug-likeness (QED) is 0.834. The molecule has 3 rings (SSSR count). The van der Waals surface area contributed by atoms with Gasteiger partial charge in [-0.2, -0.15) is 0 Å². The van der Waals surface area contributed by atoms with E-state index >= 15 is 0 Å². The molecule has 0 spiro atoms. The smallest absolute Gasteiger partial charge is 0.306 e. The number of likely N-dealkylation sites (tertiary alicyclic amines) is 1. The van der Waals surface area contributed by atoms with Gasteiger partial charge >= 0.3 is 5.97 Å². The van der Waals surface area contributed by atoms with Crippen LogP contribution in [0.1, 0.15) is 19.3 Å². The van der Waals surface area contributed by atoms with Crippen molar-refractivity contribution in [2.24, 2.45) is 11.8 Å². The third kappa shape index (κ3) is 3.84. The first kappa shape index (κ1) is 19.0. The van der Waals surface area contributed by atoms with Crippen LogP contribution in [-0.2, 0) is 14.4 Å². The number of nitrogens with zero attached hydrogens (tertiary/aromatic N) is 2. The Labute approximate surface area is 157 Å². The zero-order chi connectivity index (χ0) is 19.6. The molecule has 0 bridgehead atoms. The Kier molecular flexibility index (Phi) is 5.53. The largest absolute Gasteiger partial charge is 0.493 e. The van der Waals surface area contributed by atoms with Crippen molar-refractivity contribution < 1.29 is 29.0 Å². The predicted octanol–water partition coefficient (Wildman–Crippen LogP) is 1.38. The van der Waals surface area contributed by atoms with E-state index in [0.717, 1.165) is 0 Å². The number of carboxylic acids is 1. The maximum absolute atomic E-state index is 12.8. The average molecular weight is 376 g/mol. The molecule has 2 amide bonds. The second kappa shape index (κ2) is 7.85. The van der Waals surface area contributed by atoms with Crippen molar-refractivity contribution in [2.45, 2.75) is 19.3 Å². The molecular formula is C19H24N2O6. The highest BCUT2D eigenvalue weighted by Crippen LogP contribution is 2.34. The molecule has 2 saturated heterocycles. The lowest BCUT2D eigenvalue weighted by molar-refractivity contribution is -0.146. The maximum atomic E-state index is 12.8. The first-order valence-electron chi connectivity index (χ1n) is 8.98. The predicted molar refractivity (Wildman–Crippen MR) is 96.9 cm³/mol. The lowest BCUT2D eigenvalue weighted by Gasteiger charge is -2.31. The second-order valence-electron chi connectivity index (χ2n) is 6.88. The maximum Gasteiger partial charge on any atom is 0.306 e. The minimum Gasteiger partial charge on any atom is -0.493 e. The second-order valence-corrected chi connectivity index (χ2v) is 6.88. The minimum atomic E-state index is -0.808. The zero-order valence-electron chi connectivity index (χ0n) is 15.5. The Morgan fingerprint density at radius 2 is 1.74 bits per heavy atom. The highest BCUT2D eigenvalue weighted by atomic mass is 16.5. The van der Waals surface area contributed by atoms with E-state index in [9.17, 15) is 14.4 Å². The van der Waals surface area contributed by atoms with Gasteiger partial charge in [0, 0.05) is 37.8 Å². The van der Waals surface area contributed by atoms with Gasteiger partial charge in [-0.25, -0.2) is 0 Å². The molecule has 27 heavy (non-hydrogen) atoms. The van der Waals surface area contributed by atoms with Crippen molar-refractivity contribution in [3.05, 3.63) is 18.2 Å². The van der Waals surface area contributed by atoms with Crippen LogP contribution >= 0.6 is 0 Å². The van der Waals surface area contributed by atoms with Crippen molar-refractivity contribution in [3.63, 3.8) is 0 Å². The number of benzene rings is 1. The summed E-state index contributed by atoms with van der Waals surface area (Å²) in [5.74, 6) is -0.696. The van der Waals surface area contributed by atoms with Crippen LogP contribution in [0, 0.1) is 11.8 Å². The highest BCUT2D eigenvalue weighted by Gasteiger charge is 2.38. The van der Waals surface area contributed by atoms with E-state index < -0.39 is 11.9 Å². The molecule has 146 valence electrons. The third-order valence-corrected chi connectivity index (χ3v) is 5.31. The number of hydrogen-bond acceptors (Lipinski definition) is 5. The van der Waals surface area contributed by atoms with Gasteiger partial charge in [-0.05, 0) is 25.0 Å². The molecule has 8 heteroatoms. The fourth-order valence-corrected chi connectivity index (χ4v) is 3.72. The summed E-state index contributed by atoms with van der Waals surface area (Å²) in [5, 5.41) is 9.08. The molecule has 0 aliphatic carbocycles. The molecule has 1 unspecified atom stereocenters. The Morgan fingerprint density at radius 3 is 2.33 bits per heavy atom. The number of methoxy groups -OCH3 is 2. The van der Waals surface area contributed by atoms with Crippen LogP contribution in [-0.4, -0.2) is 61.6 Å². The molecule has 0 radical (unpaired) electrons. The van der Waals surface area contributed by atoms with Gasteiger partial charge in [0.15, 0.2) is 11.5 Å². The molecule has 2 aliphatic rings. The molecule has 1 aromatic carbocycles. The molecule has 0 aromatic heterocycles. The van der Waals surface area contributed by atoms with Crippen LogP contribution in [0.3, 0.4) is 0 Å². The van der Waals surface area contributed by atoms with E-state index in [4.69, 9.17) is 14.6 Å². The van der Waals surface area contributed by atoms with Crippen LogP contribution in [0.4, 0.5) is 5.69 Å². The fourth-order valence-electron chi connectivity index (χ4n) is 3.72. The van der Waals surface area contributed by atoms with E-state index in [1.54, 1.807) is 35.1 Å². The normalized spacial score (nSPS) is 20.7. The van der Waals surface area contributed by atoms with Crippen molar-refractivity contribution in [1.82, 2.24) is 4.90 Å². The standard InChI is InChI=1S/C19H24N2O6/c1-26-15-4-3-14(10-16(15)27-2)21-11-13(9-17(21)22)18(23)20-7-5-12(6-8-20)19(24)25/h3-4,10,12-13H,5-9,11H2,1-2H3,(H,24,25). The lowest BCUT2D eigenvalue weighted by Crippen LogP contribution is -2.43. The van der Waals surface area contributed by atoms with Crippen LogP contribution in [0.15, 0.2) is 18.2 Å². The van der Waals surface area contributed by atoms with E-state index in [0.29, 0.717) is 49.7 Å². The van der Waals surface area contributed by atoms with Gasteiger partial charge < -0.3 is 24.4 Å². The van der Waals surface area contributed by atoms with E-state index in [2.05, 4.69) is 0 Å². The SMILES string of the molecule is COc1ccc(N2CC(C(=O)N3CCC(C(=O)O)CC3)CC2=O)cc1OC. The van der Waals surface area contributed by atoms with Crippen LogP contribution in [0.2, 0.25) is 0 Å². The van der Waals surface area contributed by atoms with Gasteiger partial charge in [0.05, 0.1) is 26.1 Å². The monoisotopic (exact) mass is 376 g/mol. The molecule has 1 atom stereocenters. The number of carboxylic acid groups (broad SMARTS) is 1. The molecule has 1 N–H and O–H groups in total. The minimum absolute atomic E-state index is 0.0739. The van der Waals surface area contributed by atoms with Crippen molar-refractivity contribution >= 4 is 23.5 Å². The molecule has 2 heterocycles. The van der Waals surface area contributed by atoms with Gasteiger partial charge in [-0.3, -0.25) is 14.4 Å². The lowest BCUT2D eigenvalue weighted by atomic mass is 9.95. The number of piperidine rings is 1. The Morgan fingerprint density at radius 1 is 1.07 bits per heavy atom. The summed E-state index contributed by atoms with van der Waals surface area (Å²) in [7, 11) is 3.07. The number of rotatable bonds is 5. The van der Waals surface area contributed by atoms with Crippen molar-refractivity contribution in [2.75, 3.05) is 38.8 Å². The van der Waals surface area contributed by atoms with Crippen LogP contribution < -0.4 is 14.4 Å². The van der Waals surface area contributed by atoms with Gasteiger partial charge in [0.1, 0.15) is 0 Å². The topological polar surface area (TPSA) is 96.4 Å². The summed E-state index contributed by atoms with van der Waals surface area (Å²) in [4.78, 5) is 39.6. The van der Waals surface area contributed by atoms with Crippen LogP contribution in [0.25, 0.3) is 0 Å². The van der Waals surface area contributed by atoms with Gasteiger partial charge in [-0.15, -0.1) is 0 Å². The number of anilines is 1. The fraction of sp³-hybridized carbons (Fsp3) is 0.526. The number of aliphatic carboxylic acids is 1. The summed E-state index contributed by atoms with van der Waals surface area (Å²) < 4.78 is 10.5. The van der Waals surface area contributed by atoms with E-state index in [1.165, 1.54) is 7.11 Å². The number of carbonyl (C=O) groups excluding carboxylic acids is 2. The Bertz CT molecular complexity index is 742. The van der Waals surface area contributed by atoms with Crippen molar-refractivity contribution in [1.29, 1.82) is 0 Å². The summed E-state index contributed by atoms with van der Waals surface area (Å²) in [6, 6.07) is 5.22. The third-order valence-electron chi connectivity index (χ3n) is 5.31. The number of carbonyl (C=O) groups is 3.